The van der Waals surface area contributed by atoms with Crippen LogP contribution in [0.15, 0.2) is 24.4 Å². The Bertz CT molecular complexity index is 595. The molecule has 0 saturated carbocycles. The van der Waals surface area contributed by atoms with E-state index < -0.39 is 6.04 Å². The van der Waals surface area contributed by atoms with Crippen LogP contribution < -0.4 is 10.5 Å². The SMILES string of the molecule is CCCn1ncc(OC)c1C(N)c1cc(C)ccc1F. The molecule has 5 heteroatoms. The largest absolute Gasteiger partial charge is 0.493 e. The maximum Gasteiger partial charge on any atom is 0.161 e. The average Bonchev–Trinajstić information content (AvgIpc) is 2.84. The van der Waals surface area contributed by atoms with Gasteiger partial charge < -0.3 is 10.5 Å². The standard InChI is InChI=1S/C15H20FN3O/c1-4-7-19-15(13(20-3)9-18-19)14(17)11-8-10(2)5-6-12(11)16/h5-6,8-9,14H,4,7,17H2,1-3H3. The molecule has 1 atom stereocenters. The Morgan fingerprint density at radius 3 is 2.85 bits per heavy atom. The molecule has 1 aromatic carbocycles. The smallest absolute Gasteiger partial charge is 0.161 e. The summed E-state index contributed by atoms with van der Waals surface area (Å²) in [5, 5.41) is 4.26. The van der Waals surface area contributed by atoms with Gasteiger partial charge in [0, 0.05) is 12.1 Å². The fourth-order valence-corrected chi connectivity index (χ4v) is 2.29. The van der Waals surface area contributed by atoms with E-state index >= 15 is 0 Å². The molecule has 0 aliphatic heterocycles. The van der Waals surface area contributed by atoms with Crippen molar-refractivity contribution in [2.24, 2.45) is 5.73 Å². The summed E-state index contributed by atoms with van der Waals surface area (Å²) >= 11 is 0. The number of nitrogens with zero attached hydrogens (tertiary/aromatic N) is 2. The summed E-state index contributed by atoms with van der Waals surface area (Å²) in [6.07, 6.45) is 2.54. The van der Waals surface area contributed by atoms with Crippen LogP contribution in [0.25, 0.3) is 0 Å². The van der Waals surface area contributed by atoms with Crippen molar-refractivity contribution in [3.8, 4) is 5.75 Å². The van der Waals surface area contributed by atoms with Crippen LogP contribution in [0.3, 0.4) is 0 Å². The van der Waals surface area contributed by atoms with Crippen LogP contribution in [0.5, 0.6) is 5.75 Å². The van der Waals surface area contributed by atoms with E-state index in [-0.39, 0.29) is 5.82 Å². The summed E-state index contributed by atoms with van der Waals surface area (Å²) < 4.78 is 21.1. The van der Waals surface area contributed by atoms with Crippen molar-refractivity contribution in [3.63, 3.8) is 0 Å². The lowest BCUT2D eigenvalue weighted by atomic mass is 10.0. The first-order chi connectivity index (χ1) is 9.58. The van der Waals surface area contributed by atoms with Gasteiger partial charge in [-0.15, -0.1) is 0 Å². The second-order valence-corrected chi connectivity index (χ2v) is 4.82. The minimum Gasteiger partial charge on any atom is -0.493 e. The number of ether oxygens (including phenoxy) is 1. The van der Waals surface area contributed by atoms with E-state index in [4.69, 9.17) is 10.5 Å². The highest BCUT2D eigenvalue weighted by atomic mass is 19.1. The third-order valence-corrected chi connectivity index (χ3v) is 3.28. The van der Waals surface area contributed by atoms with E-state index in [0.29, 0.717) is 17.0 Å². The van der Waals surface area contributed by atoms with Gasteiger partial charge in [0.15, 0.2) is 5.75 Å². The molecule has 0 aliphatic rings. The van der Waals surface area contributed by atoms with Crippen molar-refractivity contribution in [2.45, 2.75) is 32.9 Å². The molecule has 0 spiro atoms. The van der Waals surface area contributed by atoms with Crippen LogP contribution in [0.2, 0.25) is 0 Å². The van der Waals surface area contributed by atoms with Gasteiger partial charge in [-0.05, 0) is 19.4 Å². The number of aromatic nitrogens is 2. The highest BCUT2D eigenvalue weighted by Gasteiger charge is 2.22. The van der Waals surface area contributed by atoms with Crippen LogP contribution in [-0.2, 0) is 6.54 Å². The summed E-state index contributed by atoms with van der Waals surface area (Å²) in [5.41, 5.74) is 8.39. The Morgan fingerprint density at radius 1 is 1.45 bits per heavy atom. The van der Waals surface area contributed by atoms with Gasteiger partial charge in [0.1, 0.15) is 11.5 Å². The van der Waals surface area contributed by atoms with E-state index in [1.807, 2.05) is 6.92 Å². The predicted molar refractivity (Wildman–Crippen MR) is 76.2 cm³/mol. The third kappa shape index (κ3) is 2.67. The third-order valence-electron chi connectivity index (χ3n) is 3.28. The van der Waals surface area contributed by atoms with E-state index in [9.17, 15) is 4.39 Å². The molecule has 2 rings (SSSR count). The number of halogens is 1. The summed E-state index contributed by atoms with van der Waals surface area (Å²) in [7, 11) is 1.57. The van der Waals surface area contributed by atoms with E-state index in [0.717, 1.165) is 18.5 Å². The van der Waals surface area contributed by atoms with Gasteiger partial charge >= 0.3 is 0 Å². The zero-order valence-corrected chi connectivity index (χ0v) is 12.1. The topological polar surface area (TPSA) is 53.1 Å². The Kier molecular flexibility index (Phi) is 4.39. The maximum atomic E-state index is 14.0. The second kappa shape index (κ2) is 6.05. The first kappa shape index (κ1) is 14.5. The van der Waals surface area contributed by atoms with Gasteiger partial charge in [-0.1, -0.05) is 24.6 Å². The fraction of sp³-hybridized carbons (Fsp3) is 0.400. The summed E-state index contributed by atoms with van der Waals surface area (Å²) in [6.45, 7) is 4.69. The Hall–Kier alpha value is -1.88. The molecule has 1 aromatic heterocycles. The Morgan fingerprint density at radius 2 is 2.20 bits per heavy atom. The molecule has 4 nitrogen and oxygen atoms in total. The molecular weight excluding hydrogens is 257 g/mol. The Balaban J connectivity index is 2.48. The monoisotopic (exact) mass is 277 g/mol. The van der Waals surface area contributed by atoms with Crippen LogP contribution in [0.4, 0.5) is 4.39 Å². The molecule has 1 unspecified atom stereocenters. The summed E-state index contributed by atoms with van der Waals surface area (Å²) in [6, 6.07) is 4.34. The first-order valence-electron chi connectivity index (χ1n) is 6.69. The second-order valence-electron chi connectivity index (χ2n) is 4.82. The number of benzene rings is 1. The normalized spacial score (nSPS) is 12.4. The molecule has 0 amide bonds. The van der Waals surface area contributed by atoms with Crippen LogP contribution in [-0.4, -0.2) is 16.9 Å². The van der Waals surface area contributed by atoms with Crippen LogP contribution in [0, 0.1) is 12.7 Å². The zero-order valence-electron chi connectivity index (χ0n) is 12.1. The molecular formula is C15H20FN3O. The first-order valence-corrected chi connectivity index (χ1v) is 6.69. The minimum atomic E-state index is -0.598. The lowest BCUT2D eigenvalue weighted by Crippen LogP contribution is -2.19. The molecule has 108 valence electrons. The molecule has 0 radical (unpaired) electrons. The molecule has 0 saturated heterocycles. The molecule has 0 aliphatic carbocycles. The van der Waals surface area contributed by atoms with E-state index in [2.05, 4.69) is 12.0 Å². The van der Waals surface area contributed by atoms with Crippen LogP contribution >= 0.6 is 0 Å². The van der Waals surface area contributed by atoms with Gasteiger partial charge in [0.25, 0.3) is 0 Å². The number of hydrogen-bond donors (Lipinski definition) is 1. The molecule has 20 heavy (non-hydrogen) atoms. The molecule has 0 bridgehead atoms. The Labute approximate surface area is 118 Å². The number of hydrogen-bond acceptors (Lipinski definition) is 3. The van der Waals surface area contributed by atoms with Crippen molar-refractivity contribution >= 4 is 0 Å². The average molecular weight is 277 g/mol. The van der Waals surface area contributed by atoms with Gasteiger partial charge in [-0.25, -0.2) is 4.39 Å². The van der Waals surface area contributed by atoms with Gasteiger partial charge in [0.2, 0.25) is 0 Å². The summed E-state index contributed by atoms with van der Waals surface area (Å²) in [5.74, 6) is 0.279. The maximum absolute atomic E-state index is 14.0. The predicted octanol–water partition coefficient (Wildman–Crippen LogP) is 2.80. The quantitative estimate of drug-likeness (QED) is 0.914. The van der Waals surface area contributed by atoms with E-state index in [1.54, 1.807) is 30.1 Å². The number of methoxy groups -OCH3 is 1. The van der Waals surface area contributed by atoms with Crippen LogP contribution in [0.1, 0.15) is 36.2 Å². The lowest BCUT2D eigenvalue weighted by molar-refractivity contribution is 0.403. The summed E-state index contributed by atoms with van der Waals surface area (Å²) in [4.78, 5) is 0. The minimum absolute atomic E-state index is 0.311. The molecule has 2 N–H and O–H groups in total. The number of rotatable bonds is 5. The highest BCUT2D eigenvalue weighted by Crippen LogP contribution is 2.30. The van der Waals surface area contributed by atoms with Crippen molar-refractivity contribution < 1.29 is 9.13 Å². The van der Waals surface area contributed by atoms with Gasteiger partial charge in [-0.3, -0.25) is 4.68 Å². The van der Waals surface area contributed by atoms with Crippen molar-refractivity contribution in [3.05, 3.63) is 47.0 Å². The zero-order chi connectivity index (χ0) is 14.7. The van der Waals surface area contributed by atoms with Crippen molar-refractivity contribution in [1.82, 2.24) is 9.78 Å². The number of aryl methyl sites for hydroxylation is 2. The van der Waals surface area contributed by atoms with Gasteiger partial charge in [0.05, 0.1) is 19.3 Å². The molecule has 0 fully saturated rings. The number of nitrogens with two attached hydrogens (primary N) is 1. The van der Waals surface area contributed by atoms with E-state index in [1.165, 1.54) is 6.07 Å². The van der Waals surface area contributed by atoms with Crippen molar-refractivity contribution in [2.75, 3.05) is 7.11 Å². The molecule has 1 heterocycles. The highest BCUT2D eigenvalue weighted by molar-refractivity contribution is 5.38. The van der Waals surface area contributed by atoms with Crippen molar-refractivity contribution in [1.29, 1.82) is 0 Å². The molecule has 2 aromatic rings. The van der Waals surface area contributed by atoms with Gasteiger partial charge in [-0.2, -0.15) is 5.10 Å². The fourth-order valence-electron chi connectivity index (χ4n) is 2.29. The lowest BCUT2D eigenvalue weighted by Gasteiger charge is -2.17.